The van der Waals surface area contributed by atoms with Crippen LogP contribution >= 0.6 is 11.6 Å². The monoisotopic (exact) mass is 412 g/mol. The number of halogens is 1. The zero-order valence-corrected chi connectivity index (χ0v) is 16.5. The molecule has 0 saturated heterocycles. The van der Waals surface area contributed by atoms with Crippen LogP contribution in [0.2, 0.25) is 5.02 Å². The molecule has 0 bridgehead atoms. The summed E-state index contributed by atoms with van der Waals surface area (Å²) in [5.41, 5.74) is 11.1. The van der Waals surface area contributed by atoms with E-state index in [-0.39, 0.29) is 36.4 Å². The Morgan fingerprint density at radius 1 is 1.14 bits per heavy atom. The molecule has 0 aromatic heterocycles. The Morgan fingerprint density at radius 2 is 1.79 bits per heavy atom. The number of anilines is 1. The van der Waals surface area contributed by atoms with Crippen LogP contribution in [0.5, 0.6) is 0 Å². The molecule has 0 aliphatic rings. The average molecular weight is 413 g/mol. The zero-order valence-electron chi connectivity index (χ0n) is 15.7. The van der Waals surface area contributed by atoms with Crippen LogP contribution in [0.4, 0.5) is 5.69 Å². The summed E-state index contributed by atoms with van der Waals surface area (Å²) in [5, 5.41) is 14.5. The first-order chi connectivity index (χ1) is 13.0. The summed E-state index contributed by atoms with van der Waals surface area (Å²) in [4.78, 5) is 47.4. The van der Waals surface area contributed by atoms with Gasteiger partial charge in [-0.05, 0) is 37.0 Å². The third-order valence-electron chi connectivity index (χ3n) is 3.88. The van der Waals surface area contributed by atoms with E-state index in [0.29, 0.717) is 5.02 Å². The first-order valence-electron chi connectivity index (χ1n) is 8.68. The van der Waals surface area contributed by atoms with Crippen molar-refractivity contribution in [2.24, 2.45) is 11.7 Å². The first kappa shape index (κ1) is 23.2. The van der Waals surface area contributed by atoms with Crippen LogP contribution in [0.1, 0.15) is 43.5 Å². The topological polar surface area (TPSA) is 165 Å². The van der Waals surface area contributed by atoms with E-state index in [1.807, 2.05) is 13.8 Å². The molecule has 7 N–H and O–H groups in total. The molecule has 28 heavy (non-hydrogen) atoms. The van der Waals surface area contributed by atoms with Crippen LogP contribution in [0.3, 0.4) is 0 Å². The molecule has 0 heterocycles. The summed E-state index contributed by atoms with van der Waals surface area (Å²) in [5.74, 6) is -3.24. The smallest absolute Gasteiger partial charge is 0.326 e. The van der Waals surface area contributed by atoms with Crippen molar-refractivity contribution >= 4 is 41.0 Å². The zero-order chi connectivity index (χ0) is 21.4. The highest BCUT2D eigenvalue weighted by Gasteiger charge is 2.28. The number of carbonyl (C=O) groups excluding carboxylic acids is 3. The van der Waals surface area contributed by atoms with Crippen molar-refractivity contribution in [2.45, 2.75) is 45.2 Å². The van der Waals surface area contributed by atoms with Gasteiger partial charge >= 0.3 is 5.97 Å². The molecule has 1 rings (SSSR count). The highest BCUT2D eigenvalue weighted by molar-refractivity contribution is 6.31. The Balaban J connectivity index is 2.94. The average Bonchev–Trinajstić information content (AvgIpc) is 2.58. The van der Waals surface area contributed by atoms with Crippen LogP contribution in [0.15, 0.2) is 18.2 Å². The van der Waals surface area contributed by atoms with Crippen molar-refractivity contribution in [3.05, 3.63) is 28.8 Å². The van der Waals surface area contributed by atoms with E-state index < -0.39 is 35.8 Å². The summed E-state index contributed by atoms with van der Waals surface area (Å²) < 4.78 is 0. The Kier molecular flexibility index (Phi) is 8.72. The Labute approximate surface area is 167 Å². The SMILES string of the molecule is CC(C)C[C@@H](NC(=O)c1cc(Cl)ccc1N)C(=O)N[C@@H](CCC(N)=O)C(=O)O. The van der Waals surface area contributed by atoms with E-state index in [1.54, 1.807) is 0 Å². The minimum Gasteiger partial charge on any atom is -0.480 e. The molecule has 0 unspecified atom stereocenters. The van der Waals surface area contributed by atoms with Crippen molar-refractivity contribution in [3.8, 4) is 0 Å². The lowest BCUT2D eigenvalue weighted by molar-refractivity contribution is -0.142. The van der Waals surface area contributed by atoms with Gasteiger partial charge in [-0.2, -0.15) is 0 Å². The highest BCUT2D eigenvalue weighted by Crippen LogP contribution is 2.18. The summed E-state index contributed by atoms with van der Waals surface area (Å²) in [6.45, 7) is 3.70. The number of primary amides is 1. The fraction of sp³-hybridized carbons (Fsp3) is 0.444. The summed E-state index contributed by atoms with van der Waals surface area (Å²) in [7, 11) is 0. The molecular formula is C18H25ClN4O5. The highest BCUT2D eigenvalue weighted by atomic mass is 35.5. The molecule has 0 saturated carbocycles. The largest absolute Gasteiger partial charge is 0.480 e. The van der Waals surface area contributed by atoms with Gasteiger partial charge in [0.15, 0.2) is 0 Å². The van der Waals surface area contributed by atoms with Crippen molar-refractivity contribution in [1.29, 1.82) is 0 Å². The predicted octanol–water partition coefficient (Wildman–Crippen LogP) is 0.902. The number of nitrogens with two attached hydrogens (primary N) is 2. The number of carboxylic acid groups (broad SMARTS) is 1. The van der Waals surface area contributed by atoms with Crippen LogP contribution < -0.4 is 22.1 Å². The maximum absolute atomic E-state index is 12.6. The van der Waals surface area contributed by atoms with Gasteiger partial charge in [0.05, 0.1) is 5.56 Å². The molecule has 1 aromatic carbocycles. The molecule has 3 amide bonds. The molecule has 10 heteroatoms. The lowest BCUT2D eigenvalue weighted by Crippen LogP contribution is -2.52. The standard InChI is InChI=1S/C18H25ClN4O5/c1-9(2)7-14(17(26)22-13(18(27)28)5-6-15(21)24)23-16(25)11-8-10(19)3-4-12(11)20/h3-4,8-9,13-14H,5-7,20H2,1-2H3,(H2,21,24)(H,22,26)(H,23,25)(H,27,28)/t13-,14+/m0/s1. The summed E-state index contributed by atoms with van der Waals surface area (Å²) >= 11 is 5.89. The van der Waals surface area contributed by atoms with Crippen LogP contribution in [0, 0.1) is 5.92 Å². The molecule has 2 atom stereocenters. The second-order valence-electron chi connectivity index (χ2n) is 6.79. The first-order valence-corrected chi connectivity index (χ1v) is 9.06. The van der Waals surface area contributed by atoms with Crippen LogP contribution in [-0.2, 0) is 14.4 Å². The number of benzene rings is 1. The maximum atomic E-state index is 12.6. The normalized spacial score (nSPS) is 12.9. The number of nitrogen functional groups attached to an aromatic ring is 1. The van der Waals surface area contributed by atoms with E-state index in [9.17, 15) is 24.3 Å². The fourth-order valence-electron chi connectivity index (χ4n) is 2.48. The minimum atomic E-state index is -1.30. The van der Waals surface area contributed by atoms with E-state index in [0.717, 1.165) is 0 Å². The number of hydrogen-bond donors (Lipinski definition) is 5. The summed E-state index contributed by atoms with van der Waals surface area (Å²) in [6, 6.07) is 2.08. The molecule has 1 aromatic rings. The number of nitrogens with one attached hydrogen (secondary N) is 2. The third-order valence-corrected chi connectivity index (χ3v) is 4.12. The van der Waals surface area contributed by atoms with Gasteiger partial charge in [0.1, 0.15) is 12.1 Å². The van der Waals surface area contributed by atoms with Gasteiger partial charge < -0.3 is 27.2 Å². The van der Waals surface area contributed by atoms with Gasteiger partial charge in [0, 0.05) is 17.1 Å². The van der Waals surface area contributed by atoms with Gasteiger partial charge in [0.25, 0.3) is 5.91 Å². The molecule has 0 radical (unpaired) electrons. The predicted molar refractivity (Wildman–Crippen MR) is 105 cm³/mol. The second-order valence-corrected chi connectivity index (χ2v) is 7.23. The van der Waals surface area contributed by atoms with Crippen molar-refractivity contribution in [1.82, 2.24) is 10.6 Å². The lowest BCUT2D eigenvalue weighted by Gasteiger charge is -2.23. The van der Waals surface area contributed by atoms with E-state index in [1.165, 1.54) is 18.2 Å². The molecule has 0 aliphatic carbocycles. The molecule has 154 valence electrons. The number of carboxylic acids is 1. The van der Waals surface area contributed by atoms with Crippen molar-refractivity contribution in [3.63, 3.8) is 0 Å². The van der Waals surface area contributed by atoms with Crippen LogP contribution in [0.25, 0.3) is 0 Å². The second kappa shape index (κ2) is 10.5. The van der Waals surface area contributed by atoms with Gasteiger partial charge in [-0.15, -0.1) is 0 Å². The van der Waals surface area contributed by atoms with Gasteiger partial charge in [-0.3, -0.25) is 14.4 Å². The molecule has 0 aliphatic heterocycles. The van der Waals surface area contributed by atoms with Crippen molar-refractivity contribution in [2.75, 3.05) is 5.73 Å². The van der Waals surface area contributed by atoms with E-state index in [2.05, 4.69) is 10.6 Å². The van der Waals surface area contributed by atoms with E-state index >= 15 is 0 Å². The fourth-order valence-corrected chi connectivity index (χ4v) is 2.65. The number of rotatable bonds is 10. The number of hydrogen-bond acceptors (Lipinski definition) is 5. The van der Waals surface area contributed by atoms with Crippen LogP contribution in [-0.4, -0.2) is 40.9 Å². The molecule has 0 spiro atoms. The number of aliphatic carboxylic acids is 1. The lowest BCUT2D eigenvalue weighted by atomic mass is 10.0. The Hall–Kier alpha value is -2.81. The van der Waals surface area contributed by atoms with Gasteiger partial charge in [-0.25, -0.2) is 4.79 Å². The molecule has 0 fully saturated rings. The number of amides is 3. The Morgan fingerprint density at radius 3 is 2.32 bits per heavy atom. The molecular weight excluding hydrogens is 388 g/mol. The van der Waals surface area contributed by atoms with Gasteiger partial charge in [0.2, 0.25) is 11.8 Å². The quantitative estimate of drug-likeness (QED) is 0.358. The van der Waals surface area contributed by atoms with Gasteiger partial charge in [-0.1, -0.05) is 25.4 Å². The maximum Gasteiger partial charge on any atom is 0.326 e. The van der Waals surface area contributed by atoms with E-state index in [4.69, 9.17) is 23.1 Å². The number of carbonyl (C=O) groups is 4. The third kappa shape index (κ3) is 7.43. The molecule has 9 nitrogen and oxygen atoms in total. The minimum absolute atomic E-state index is 0.0293. The Bertz CT molecular complexity index is 753. The van der Waals surface area contributed by atoms with Crippen molar-refractivity contribution < 1.29 is 24.3 Å². The summed E-state index contributed by atoms with van der Waals surface area (Å²) in [6.07, 6.45) is -0.0856.